The summed E-state index contributed by atoms with van der Waals surface area (Å²) < 4.78 is 47.5. The molecule has 1 N–H and O–H groups in total. The lowest BCUT2D eigenvalue weighted by Crippen LogP contribution is -2.44. The average molecular weight is 503 g/mol. The molecule has 0 spiro atoms. The van der Waals surface area contributed by atoms with Crippen molar-refractivity contribution in [1.82, 2.24) is 4.72 Å². The molecule has 0 amide bonds. The van der Waals surface area contributed by atoms with Gasteiger partial charge in [-0.3, -0.25) is 4.79 Å². The molecular formula is C24H30BNO6S2. The van der Waals surface area contributed by atoms with E-state index in [0.29, 0.717) is 0 Å². The van der Waals surface area contributed by atoms with Gasteiger partial charge < -0.3 is 14.0 Å². The minimum atomic E-state index is -3.92. The fraction of sp³-hybridized carbons (Fsp3) is 0.458. The van der Waals surface area contributed by atoms with Crippen LogP contribution in [0, 0.1) is 5.92 Å². The standard InChI is InChI=1S/C24H30BNO6S2/c1-14(2)21(22(27)30-7)26-34(28,29)16-9-11-18-17-10-8-15(12-19(17)33-20(18)13-16)25-31-23(3,4)24(5,6)32-25/h8-14,21,26H,1-7H3. The van der Waals surface area contributed by atoms with Crippen LogP contribution in [-0.2, 0) is 28.9 Å². The van der Waals surface area contributed by atoms with Crippen molar-refractivity contribution in [1.29, 1.82) is 0 Å². The van der Waals surface area contributed by atoms with Crippen molar-refractivity contribution in [3.05, 3.63) is 36.4 Å². The number of thiophene rings is 1. The van der Waals surface area contributed by atoms with Crippen LogP contribution < -0.4 is 10.2 Å². The van der Waals surface area contributed by atoms with Crippen LogP contribution in [0.5, 0.6) is 0 Å². The van der Waals surface area contributed by atoms with Crippen molar-refractivity contribution in [2.75, 3.05) is 7.11 Å². The zero-order valence-corrected chi connectivity index (χ0v) is 22.1. The Kier molecular flexibility index (Phi) is 6.36. The second-order valence-electron chi connectivity index (χ2n) is 9.97. The number of benzene rings is 2. The summed E-state index contributed by atoms with van der Waals surface area (Å²) in [6, 6.07) is 10.1. The fourth-order valence-electron chi connectivity index (χ4n) is 3.89. The van der Waals surface area contributed by atoms with Gasteiger partial charge in [0.15, 0.2) is 0 Å². The first-order valence-electron chi connectivity index (χ1n) is 11.2. The summed E-state index contributed by atoms with van der Waals surface area (Å²) >= 11 is 1.51. The highest BCUT2D eigenvalue weighted by Crippen LogP contribution is 2.38. The van der Waals surface area contributed by atoms with Gasteiger partial charge in [-0.1, -0.05) is 32.0 Å². The molecule has 3 aromatic rings. The van der Waals surface area contributed by atoms with Gasteiger partial charge in [-0.05, 0) is 57.3 Å². The summed E-state index contributed by atoms with van der Waals surface area (Å²) in [4.78, 5) is 12.1. The minimum absolute atomic E-state index is 0.104. The zero-order valence-electron chi connectivity index (χ0n) is 20.5. The number of hydrogen-bond donors (Lipinski definition) is 1. The summed E-state index contributed by atoms with van der Waals surface area (Å²) in [6.07, 6.45) is 0. The molecule has 34 heavy (non-hydrogen) atoms. The summed E-state index contributed by atoms with van der Waals surface area (Å²) in [5, 5.41) is 2.00. The monoisotopic (exact) mass is 503 g/mol. The highest BCUT2D eigenvalue weighted by Gasteiger charge is 2.51. The van der Waals surface area contributed by atoms with Crippen molar-refractivity contribution in [2.24, 2.45) is 5.92 Å². The Morgan fingerprint density at radius 1 is 1.00 bits per heavy atom. The molecule has 1 aliphatic rings. The Morgan fingerprint density at radius 2 is 1.56 bits per heavy atom. The summed E-state index contributed by atoms with van der Waals surface area (Å²) in [6.45, 7) is 11.6. The van der Waals surface area contributed by atoms with E-state index in [2.05, 4.69) is 4.72 Å². The molecule has 1 saturated heterocycles. The molecule has 0 radical (unpaired) electrons. The molecule has 0 bridgehead atoms. The Morgan fingerprint density at radius 3 is 2.12 bits per heavy atom. The van der Waals surface area contributed by atoms with Crippen molar-refractivity contribution in [3.63, 3.8) is 0 Å². The quantitative estimate of drug-likeness (QED) is 0.406. The van der Waals surface area contributed by atoms with Gasteiger partial charge >= 0.3 is 13.1 Å². The van der Waals surface area contributed by atoms with Crippen LogP contribution in [0.3, 0.4) is 0 Å². The first-order valence-corrected chi connectivity index (χ1v) is 13.5. The lowest BCUT2D eigenvalue weighted by Gasteiger charge is -2.32. The maximum absolute atomic E-state index is 13.0. The Labute approximate surface area is 205 Å². The Bertz CT molecular complexity index is 1350. The molecule has 4 rings (SSSR count). The second-order valence-corrected chi connectivity index (χ2v) is 12.8. The number of methoxy groups -OCH3 is 1. The molecule has 1 atom stereocenters. The van der Waals surface area contributed by atoms with Gasteiger partial charge in [0.1, 0.15) is 6.04 Å². The largest absolute Gasteiger partial charge is 0.494 e. The van der Waals surface area contributed by atoms with Gasteiger partial charge in [0.05, 0.1) is 23.2 Å². The molecule has 0 saturated carbocycles. The van der Waals surface area contributed by atoms with Gasteiger partial charge in [0.2, 0.25) is 10.0 Å². The molecular weight excluding hydrogens is 473 g/mol. The lowest BCUT2D eigenvalue weighted by atomic mass is 9.79. The van der Waals surface area contributed by atoms with Crippen molar-refractivity contribution < 1.29 is 27.3 Å². The third kappa shape index (κ3) is 4.38. The van der Waals surface area contributed by atoms with Gasteiger partial charge in [-0.15, -0.1) is 11.3 Å². The van der Waals surface area contributed by atoms with Crippen molar-refractivity contribution in [2.45, 2.75) is 63.7 Å². The number of carbonyl (C=O) groups excluding carboxylic acids is 1. The van der Waals surface area contributed by atoms with Gasteiger partial charge in [0.25, 0.3) is 0 Å². The number of sulfonamides is 1. The number of hydrogen-bond acceptors (Lipinski definition) is 7. The molecule has 7 nitrogen and oxygen atoms in total. The van der Waals surface area contributed by atoms with Crippen LogP contribution >= 0.6 is 11.3 Å². The molecule has 1 aromatic heterocycles. The number of ether oxygens (including phenoxy) is 1. The molecule has 182 valence electrons. The van der Waals surface area contributed by atoms with Gasteiger partial charge in [-0.2, -0.15) is 4.72 Å². The van der Waals surface area contributed by atoms with E-state index in [1.807, 2.05) is 45.9 Å². The predicted octanol–water partition coefficient (Wildman–Crippen LogP) is 3.83. The summed E-state index contributed by atoms with van der Waals surface area (Å²) in [5.74, 6) is -0.875. The summed E-state index contributed by atoms with van der Waals surface area (Å²) in [5.41, 5.74) is 0.0624. The van der Waals surface area contributed by atoms with Crippen LogP contribution in [0.4, 0.5) is 0 Å². The average Bonchev–Trinajstić information content (AvgIpc) is 3.23. The topological polar surface area (TPSA) is 90.9 Å². The first-order chi connectivity index (χ1) is 15.8. The van der Waals surface area contributed by atoms with Crippen LogP contribution in [0.25, 0.3) is 20.2 Å². The lowest BCUT2D eigenvalue weighted by molar-refractivity contribution is -0.143. The normalized spacial score (nSPS) is 18.6. The maximum Gasteiger partial charge on any atom is 0.494 e. The van der Waals surface area contributed by atoms with E-state index >= 15 is 0 Å². The van der Waals surface area contributed by atoms with E-state index in [1.165, 1.54) is 18.4 Å². The minimum Gasteiger partial charge on any atom is -0.468 e. The van der Waals surface area contributed by atoms with Crippen LogP contribution in [-0.4, -0.2) is 45.9 Å². The van der Waals surface area contributed by atoms with Crippen molar-refractivity contribution >= 4 is 60.1 Å². The molecule has 1 unspecified atom stereocenters. The van der Waals surface area contributed by atoms with E-state index < -0.39 is 40.4 Å². The third-order valence-electron chi connectivity index (χ3n) is 6.71. The van der Waals surface area contributed by atoms with Gasteiger partial charge in [-0.25, -0.2) is 8.42 Å². The number of fused-ring (bicyclic) bond motifs is 3. The molecule has 1 aliphatic heterocycles. The van der Waals surface area contributed by atoms with E-state index in [1.54, 1.807) is 32.0 Å². The molecule has 0 aliphatic carbocycles. The highest BCUT2D eigenvalue weighted by molar-refractivity contribution is 7.89. The SMILES string of the molecule is COC(=O)C(NS(=O)(=O)c1ccc2c(c1)sc1cc(B3OC(C)(C)C(C)(C)O3)ccc12)C(C)C. The Hall–Kier alpha value is -1.98. The molecule has 2 aromatic carbocycles. The molecule has 2 heterocycles. The van der Waals surface area contributed by atoms with Crippen LogP contribution in [0.15, 0.2) is 41.3 Å². The Balaban J connectivity index is 1.68. The fourth-order valence-corrected chi connectivity index (χ4v) is 6.51. The number of esters is 1. The van der Waals surface area contributed by atoms with E-state index in [-0.39, 0.29) is 10.8 Å². The van der Waals surface area contributed by atoms with E-state index in [0.717, 1.165) is 25.6 Å². The number of nitrogens with one attached hydrogen (secondary N) is 1. The highest BCUT2D eigenvalue weighted by atomic mass is 32.2. The van der Waals surface area contributed by atoms with Crippen LogP contribution in [0.2, 0.25) is 0 Å². The van der Waals surface area contributed by atoms with Crippen LogP contribution in [0.1, 0.15) is 41.5 Å². The zero-order chi connectivity index (χ0) is 25.1. The molecule has 10 heteroatoms. The second kappa shape index (κ2) is 8.60. The number of carbonyl (C=O) groups is 1. The maximum atomic E-state index is 13.0. The predicted molar refractivity (Wildman–Crippen MR) is 136 cm³/mol. The molecule has 1 fully saturated rings. The van der Waals surface area contributed by atoms with Crippen molar-refractivity contribution in [3.8, 4) is 0 Å². The third-order valence-corrected chi connectivity index (χ3v) is 9.26. The van der Waals surface area contributed by atoms with Gasteiger partial charge in [0, 0.05) is 20.2 Å². The first kappa shape index (κ1) is 25.1. The summed E-state index contributed by atoms with van der Waals surface area (Å²) in [7, 11) is -3.14. The smallest absolute Gasteiger partial charge is 0.468 e. The number of rotatable bonds is 6. The van der Waals surface area contributed by atoms with E-state index in [9.17, 15) is 13.2 Å². The van der Waals surface area contributed by atoms with E-state index in [4.69, 9.17) is 14.0 Å².